The molecule has 19 heavy (non-hydrogen) atoms. The van der Waals surface area contributed by atoms with E-state index >= 15 is 0 Å². The maximum absolute atomic E-state index is 11.8. The second-order valence-corrected chi connectivity index (χ2v) is 5.23. The third kappa shape index (κ3) is 4.49. The lowest BCUT2D eigenvalue weighted by atomic mass is 9.75. The third-order valence-corrected chi connectivity index (χ3v) is 4.00. The van der Waals surface area contributed by atoms with Crippen molar-refractivity contribution < 1.29 is 19.4 Å². The number of carboxylic acids is 1. The van der Waals surface area contributed by atoms with Gasteiger partial charge in [-0.2, -0.15) is 0 Å². The van der Waals surface area contributed by atoms with Crippen molar-refractivity contribution in [2.24, 2.45) is 5.92 Å². The molecule has 0 aromatic heterocycles. The fourth-order valence-electron chi connectivity index (χ4n) is 2.61. The van der Waals surface area contributed by atoms with Gasteiger partial charge < -0.3 is 15.2 Å². The zero-order valence-electron chi connectivity index (χ0n) is 11.9. The fourth-order valence-corrected chi connectivity index (χ4v) is 2.61. The van der Waals surface area contributed by atoms with Crippen LogP contribution in [0.5, 0.6) is 0 Å². The molecule has 0 radical (unpaired) electrons. The number of amides is 1. The first-order valence-electron chi connectivity index (χ1n) is 7.16. The quantitative estimate of drug-likeness (QED) is 0.694. The molecule has 5 heteroatoms. The van der Waals surface area contributed by atoms with Crippen LogP contribution >= 0.6 is 0 Å². The predicted octanol–water partition coefficient (Wildman–Crippen LogP) is 1.95. The molecule has 5 nitrogen and oxygen atoms in total. The number of carbonyl (C=O) groups is 2. The van der Waals surface area contributed by atoms with E-state index in [1.807, 2.05) is 6.92 Å². The van der Waals surface area contributed by atoms with Crippen molar-refractivity contribution in [1.82, 2.24) is 5.32 Å². The lowest BCUT2D eigenvalue weighted by Gasteiger charge is -2.37. The van der Waals surface area contributed by atoms with Gasteiger partial charge in [0.05, 0.1) is 6.61 Å². The molecule has 0 atom stereocenters. The van der Waals surface area contributed by atoms with E-state index < -0.39 is 11.5 Å². The van der Waals surface area contributed by atoms with Crippen molar-refractivity contribution in [3.8, 4) is 0 Å². The van der Waals surface area contributed by atoms with Gasteiger partial charge in [-0.3, -0.25) is 4.79 Å². The van der Waals surface area contributed by atoms with Crippen LogP contribution in [0.25, 0.3) is 0 Å². The Balaban J connectivity index is 2.53. The first-order chi connectivity index (χ1) is 9.04. The Kier molecular flexibility index (Phi) is 6.28. The van der Waals surface area contributed by atoms with Gasteiger partial charge in [0.15, 0.2) is 0 Å². The molecule has 1 fully saturated rings. The summed E-state index contributed by atoms with van der Waals surface area (Å²) in [5.74, 6) is -0.551. The molecular formula is C14H25NO4. The van der Waals surface area contributed by atoms with Crippen molar-refractivity contribution in [3.05, 3.63) is 0 Å². The maximum Gasteiger partial charge on any atom is 0.329 e. The molecule has 0 aromatic carbocycles. The minimum Gasteiger partial charge on any atom is -0.480 e. The Labute approximate surface area is 114 Å². The number of carbonyl (C=O) groups excluding carboxylic acids is 1. The first-order valence-corrected chi connectivity index (χ1v) is 7.16. The molecule has 110 valence electrons. The highest BCUT2D eigenvalue weighted by Crippen LogP contribution is 2.34. The summed E-state index contributed by atoms with van der Waals surface area (Å²) < 4.78 is 5.11. The number of hydrogen-bond acceptors (Lipinski definition) is 3. The molecule has 0 heterocycles. The van der Waals surface area contributed by atoms with E-state index in [4.69, 9.17) is 4.74 Å². The first kappa shape index (κ1) is 16.0. The second kappa shape index (κ2) is 7.48. The van der Waals surface area contributed by atoms with Crippen molar-refractivity contribution in [3.63, 3.8) is 0 Å². The lowest BCUT2D eigenvalue weighted by molar-refractivity contribution is -0.150. The van der Waals surface area contributed by atoms with Crippen molar-refractivity contribution in [1.29, 1.82) is 0 Å². The number of rotatable bonds is 7. The Bertz CT molecular complexity index is 309. The van der Waals surface area contributed by atoms with Crippen LogP contribution < -0.4 is 5.32 Å². The minimum atomic E-state index is -1.06. The normalized spacial score (nSPS) is 26.9. The van der Waals surface area contributed by atoms with Gasteiger partial charge in [0.2, 0.25) is 5.91 Å². The van der Waals surface area contributed by atoms with Gasteiger partial charge in [-0.05, 0) is 38.5 Å². The minimum absolute atomic E-state index is 0.222. The third-order valence-electron chi connectivity index (χ3n) is 4.00. The van der Waals surface area contributed by atoms with Gasteiger partial charge in [0.25, 0.3) is 0 Å². The fraction of sp³-hybridized carbons (Fsp3) is 0.857. The van der Waals surface area contributed by atoms with E-state index in [1.54, 1.807) is 0 Å². The molecule has 0 spiro atoms. The molecule has 1 saturated carbocycles. The molecule has 1 amide bonds. The zero-order valence-corrected chi connectivity index (χ0v) is 11.9. The summed E-state index contributed by atoms with van der Waals surface area (Å²) in [5.41, 5.74) is -1.06. The van der Waals surface area contributed by atoms with E-state index in [-0.39, 0.29) is 12.3 Å². The summed E-state index contributed by atoms with van der Waals surface area (Å²) in [6.45, 7) is 4.90. The molecule has 0 aliphatic heterocycles. The highest BCUT2D eigenvalue weighted by Gasteiger charge is 2.42. The van der Waals surface area contributed by atoms with E-state index in [1.165, 1.54) is 0 Å². The zero-order chi connectivity index (χ0) is 14.3. The van der Waals surface area contributed by atoms with Gasteiger partial charge in [0, 0.05) is 13.0 Å². The van der Waals surface area contributed by atoms with E-state index in [0.29, 0.717) is 32.0 Å². The van der Waals surface area contributed by atoms with Crippen LogP contribution in [0.3, 0.4) is 0 Å². The molecule has 0 bridgehead atoms. The number of hydrogen-bond donors (Lipinski definition) is 2. The van der Waals surface area contributed by atoms with Crippen LogP contribution in [0.1, 0.15) is 52.4 Å². The van der Waals surface area contributed by atoms with E-state index in [9.17, 15) is 14.7 Å². The maximum atomic E-state index is 11.8. The van der Waals surface area contributed by atoms with Gasteiger partial charge in [-0.1, -0.05) is 13.3 Å². The number of nitrogens with one attached hydrogen (secondary N) is 1. The second-order valence-electron chi connectivity index (χ2n) is 5.23. The summed E-state index contributed by atoms with van der Waals surface area (Å²) in [5, 5.41) is 12.1. The molecule has 1 rings (SSSR count). The van der Waals surface area contributed by atoms with Gasteiger partial charge in [0.1, 0.15) is 5.54 Å². The Hall–Kier alpha value is -1.10. The Morgan fingerprint density at radius 2 is 1.95 bits per heavy atom. The summed E-state index contributed by atoms with van der Waals surface area (Å²) in [4.78, 5) is 23.3. The van der Waals surface area contributed by atoms with Gasteiger partial charge >= 0.3 is 5.97 Å². The molecule has 0 saturated heterocycles. The smallest absolute Gasteiger partial charge is 0.329 e. The molecular weight excluding hydrogens is 246 g/mol. The molecule has 0 unspecified atom stereocenters. The molecule has 1 aliphatic carbocycles. The van der Waals surface area contributed by atoms with Gasteiger partial charge in [-0.15, -0.1) is 0 Å². The van der Waals surface area contributed by atoms with Crippen LogP contribution in [-0.2, 0) is 14.3 Å². The van der Waals surface area contributed by atoms with Crippen molar-refractivity contribution >= 4 is 11.9 Å². The summed E-state index contributed by atoms with van der Waals surface area (Å²) in [6, 6.07) is 0. The predicted molar refractivity (Wildman–Crippen MR) is 71.9 cm³/mol. The Morgan fingerprint density at radius 3 is 2.42 bits per heavy atom. The lowest BCUT2D eigenvalue weighted by Crippen LogP contribution is -2.56. The average molecular weight is 271 g/mol. The standard InChI is InChI=1S/C14H25NO4/c1-3-11-5-8-14(9-6-11,13(17)18)15-12(16)7-10-19-4-2/h11H,3-10H2,1-2H3,(H,15,16)(H,17,18). The van der Waals surface area contributed by atoms with Crippen LogP contribution in [0, 0.1) is 5.92 Å². The summed E-state index contributed by atoms with van der Waals surface area (Å²) >= 11 is 0. The van der Waals surface area contributed by atoms with Crippen molar-refractivity contribution in [2.45, 2.75) is 57.9 Å². The van der Waals surface area contributed by atoms with Crippen LogP contribution in [0.4, 0.5) is 0 Å². The van der Waals surface area contributed by atoms with E-state index in [2.05, 4.69) is 12.2 Å². The monoisotopic (exact) mass is 271 g/mol. The van der Waals surface area contributed by atoms with Crippen molar-refractivity contribution in [2.75, 3.05) is 13.2 Å². The Morgan fingerprint density at radius 1 is 1.32 bits per heavy atom. The van der Waals surface area contributed by atoms with Crippen LogP contribution in [0.2, 0.25) is 0 Å². The average Bonchev–Trinajstić information content (AvgIpc) is 2.39. The van der Waals surface area contributed by atoms with E-state index in [0.717, 1.165) is 19.3 Å². The topological polar surface area (TPSA) is 75.6 Å². The number of ether oxygens (including phenoxy) is 1. The largest absolute Gasteiger partial charge is 0.480 e. The highest BCUT2D eigenvalue weighted by molar-refractivity contribution is 5.87. The van der Waals surface area contributed by atoms with Crippen LogP contribution in [-0.4, -0.2) is 35.7 Å². The SMILES string of the molecule is CCOCCC(=O)NC1(C(=O)O)CCC(CC)CC1. The van der Waals surface area contributed by atoms with Crippen LogP contribution in [0.15, 0.2) is 0 Å². The molecule has 1 aliphatic rings. The highest BCUT2D eigenvalue weighted by atomic mass is 16.5. The molecule has 2 N–H and O–H groups in total. The summed E-state index contributed by atoms with van der Waals surface area (Å²) in [6.07, 6.45) is 4.10. The number of carboxylic acid groups (broad SMARTS) is 1. The summed E-state index contributed by atoms with van der Waals surface area (Å²) in [7, 11) is 0. The molecule has 0 aromatic rings. The number of aliphatic carboxylic acids is 1. The van der Waals surface area contributed by atoms with Gasteiger partial charge in [-0.25, -0.2) is 4.79 Å².